The van der Waals surface area contributed by atoms with Crippen molar-refractivity contribution in [3.05, 3.63) is 0 Å². The molecule has 3 nitrogen and oxygen atoms in total. The highest BCUT2D eigenvalue weighted by atomic mass is 32.2. The van der Waals surface area contributed by atoms with E-state index in [0.29, 0.717) is 18.6 Å². The van der Waals surface area contributed by atoms with Crippen molar-refractivity contribution in [2.45, 2.75) is 32.6 Å². The summed E-state index contributed by atoms with van der Waals surface area (Å²) in [6.07, 6.45) is 2.84. The molecule has 4 heteroatoms. The molecule has 0 fully saturated rings. The zero-order valence-electron chi connectivity index (χ0n) is 7.62. The monoisotopic (exact) mass is 194 g/mol. The average molecular weight is 194 g/mol. The molecular weight excluding hydrogens is 176 g/mol. The number of unbranched alkanes of at least 4 members (excludes halogenated alkanes) is 2. The number of aliphatic hydroxyl groups excluding tert-OH is 1. The molecule has 0 aromatic rings. The fraction of sp³-hybridized carbons (Fsp3) is 1.00. The minimum atomic E-state index is -2.83. The molecule has 0 spiro atoms. The van der Waals surface area contributed by atoms with Crippen LogP contribution in [0.1, 0.15) is 32.6 Å². The molecule has 0 heterocycles. The quantitative estimate of drug-likeness (QED) is 0.614. The van der Waals surface area contributed by atoms with Crippen LogP contribution >= 0.6 is 0 Å². The first-order valence-electron chi connectivity index (χ1n) is 4.43. The fourth-order valence-electron chi connectivity index (χ4n) is 0.900. The highest BCUT2D eigenvalue weighted by Crippen LogP contribution is 2.00. The molecule has 0 aromatic heterocycles. The molecule has 0 aromatic carbocycles. The number of rotatable bonds is 7. The van der Waals surface area contributed by atoms with E-state index < -0.39 is 9.84 Å². The summed E-state index contributed by atoms with van der Waals surface area (Å²) in [6.45, 7) is 2.06. The zero-order valence-corrected chi connectivity index (χ0v) is 8.44. The molecule has 0 bridgehead atoms. The third-order valence-corrected chi connectivity index (χ3v) is 3.49. The maximum Gasteiger partial charge on any atom is 0.150 e. The Bertz CT molecular complexity index is 184. The molecule has 0 aliphatic heterocycles. The average Bonchev–Trinajstić information content (AvgIpc) is 2.01. The van der Waals surface area contributed by atoms with E-state index in [0.717, 1.165) is 12.8 Å². The standard InChI is InChI=1S/C8H18O3S/c1-2-3-7-12(10,11)8-5-4-6-9/h9H,2-8H2,1H3. The summed E-state index contributed by atoms with van der Waals surface area (Å²) in [6, 6.07) is 0. The van der Waals surface area contributed by atoms with Crippen LogP contribution in [0.2, 0.25) is 0 Å². The Morgan fingerprint density at radius 1 is 1.08 bits per heavy atom. The summed E-state index contributed by atoms with van der Waals surface area (Å²) < 4.78 is 22.4. The lowest BCUT2D eigenvalue weighted by Gasteiger charge is -2.01. The first kappa shape index (κ1) is 11.9. The zero-order chi connectivity index (χ0) is 9.45. The largest absolute Gasteiger partial charge is 0.396 e. The molecule has 0 saturated heterocycles. The lowest BCUT2D eigenvalue weighted by atomic mass is 10.4. The molecule has 0 radical (unpaired) electrons. The van der Waals surface area contributed by atoms with Gasteiger partial charge in [0.2, 0.25) is 0 Å². The minimum Gasteiger partial charge on any atom is -0.396 e. The Morgan fingerprint density at radius 3 is 2.17 bits per heavy atom. The molecule has 0 aliphatic rings. The first-order chi connectivity index (χ1) is 5.62. The normalized spacial score (nSPS) is 11.8. The van der Waals surface area contributed by atoms with Crippen LogP contribution in [0.15, 0.2) is 0 Å². The van der Waals surface area contributed by atoms with Gasteiger partial charge >= 0.3 is 0 Å². The summed E-state index contributed by atoms with van der Waals surface area (Å²) in [7, 11) is -2.83. The molecule has 0 unspecified atom stereocenters. The Hall–Kier alpha value is -0.0900. The summed E-state index contributed by atoms with van der Waals surface area (Å²) in [5.74, 6) is 0.530. The van der Waals surface area contributed by atoms with Gasteiger partial charge in [-0.3, -0.25) is 0 Å². The van der Waals surface area contributed by atoms with E-state index in [4.69, 9.17) is 5.11 Å². The second-order valence-electron chi connectivity index (χ2n) is 2.94. The second kappa shape index (κ2) is 6.43. The Morgan fingerprint density at radius 2 is 1.67 bits per heavy atom. The lowest BCUT2D eigenvalue weighted by Crippen LogP contribution is -2.11. The van der Waals surface area contributed by atoms with Gasteiger partial charge in [0.05, 0.1) is 11.5 Å². The van der Waals surface area contributed by atoms with Crippen molar-refractivity contribution in [2.24, 2.45) is 0 Å². The van der Waals surface area contributed by atoms with E-state index in [-0.39, 0.29) is 12.4 Å². The van der Waals surface area contributed by atoms with Gasteiger partial charge in [0.15, 0.2) is 0 Å². The van der Waals surface area contributed by atoms with E-state index in [1.807, 2.05) is 6.92 Å². The van der Waals surface area contributed by atoms with Crippen molar-refractivity contribution in [2.75, 3.05) is 18.1 Å². The van der Waals surface area contributed by atoms with Gasteiger partial charge in [0.1, 0.15) is 9.84 Å². The van der Waals surface area contributed by atoms with Gasteiger partial charge < -0.3 is 5.11 Å². The summed E-state index contributed by atoms with van der Waals surface area (Å²) in [5, 5.41) is 8.44. The van der Waals surface area contributed by atoms with Gasteiger partial charge in [-0.1, -0.05) is 13.3 Å². The molecular formula is C8H18O3S. The maximum absolute atomic E-state index is 11.2. The highest BCUT2D eigenvalue weighted by Gasteiger charge is 2.08. The van der Waals surface area contributed by atoms with Crippen molar-refractivity contribution in [3.8, 4) is 0 Å². The fourth-order valence-corrected chi connectivity index (χ4v) is 2.48. The van der Waals surface area contributed by atoms with E-state index in [9.17, 15) is 8.42 Å². The van der Waals surface area contributed by atoms with E-state index in [1.54, 1.807) is 0 Å². The number of sulfone groups is 1. The molecule has 74 valence electrons. The SMILES string of the molecule is CCCCS(=O)(=O)CCCCO. The molecule has 1 N–H and O–H groups in total. The Balaban J connectivity index is 3.58. The summed E-state index contributed by atoms with van der Waals surface area (Å²) >= 11 is 0. The van der Waals surface area contributed by atoms with Crippen LogP contribution in [0.3, 0.4) is 0 Å². The van der Waals surface area contributed by atoms with Gasteiger partial charge in [0, 0.05) is 6.61 Å². The van der Waals surface area contributed by atoms with Gasteiger partial charge in [-0.05, 0) is 19.3 Å². The van der Waals surface area contributed by atoms with Gasteiger partial charge in [-0.2, -0.15) is 0 Å². The van der Waals surface area contributed by atoms with Crippen LogP contribution in [-0.2, 0) is 9.84 Å². The van der Waals surface area contributed by atoms with E-state index >= 15 is 0 Å². The van der Waals surface area contributed by atoms with E-state index in [2.05, 4.69) is 0 Å². The lowest BCUT2D eigenvalue weighted by molar-refractivity contribution is 0.287. The highest BCUT2D eigenvalue weighted by molar-refractivity contribution is 7.91. The van der Waals surface area contributed by atoms with Crippen LogP contribution in [0.25, 0.3) is 0 Å². The number of hydrogen-bond acceptors (Lipinski definition) is 3. The van der Waals surface area contributed by atoms with Crippen molar-refractivity contribution in [1.29, 1.82) is 0 Å². The van der Waals surface area contributed by atoms with Gasteiger partial charge in [-0.25, -0.2) is 8.42 Å². The Labute approximate surface area is 74.7 Å². The van der Waals surface area contributed by atoms with Crippen LogP contribution < -0.4 is 0 Å². The van der Waals surface area contributed by atoms with Crippen LogP contribution in [0, 0.1) is 0 Å². The molecule has 0 amide bonds. The van der Waals surface area contributed by atoms with Crippen molar-refractivity contribution in [3.63, 3.8) is 0 Å². The summed E-state index contributed by atoms with van der Waals surface area (Å²) in [5.41, 5.74) is 0. The molecule has 0 rings (SSSR count). The molecule has 0 atom stereocenters. The maximum atomic E-state index is 11.2. The van der Waals surface area contributed by atoms with Gasteiger partial charge in [-0.15, -0.1) is 0 Å². The van der Waals surface area contributed by atoms with Crippen LogP contribution in [0.5, 0.6) is 0 Å². The van der Waals surface area contributed by atoms with Crippen molar-refractivity contribution < 1.29 is 13.5 Å². The second-order valence-corrected chi connectivity index (χ2v) is 5.24. The predicted octanol–water partition coefficient (Wildman–Crippen LogP) is 0.974. The molecule has 0 aliphatic carbocycles. The third-order valence-electron chi connectivity index (χ3n) is 1.67. The minimum absolute atomic E-state index is 0.0866. The predicted molar refractivity (Wildman–Crippen MR) is 49.9 cm³/mol. The molecule has 12 heavy (non-hydrogen) atoms. The van der Waals surface area contributed by atoms with Crippen LogP contribution in [0.4, 0.5) is 0 Å². The molecule has 0 saturated carbocycles. The van der Waals surface area contributed by atoms with Gasteiger partial charge in [0.25, 0.3) is 0 Å². The van der Waals surface area contributed by atoms with Crippen LogP contribution in [-0.4, -0.2) is 31.6 Å². The summed E-state index contributed by atoms with van der Waals surface area (Å²) in [4.78, 5) is 0. The van der Waals surface area contributed by atoms with Crippen molar-refractivity contribution in [1.82, 2.24) is 0 Å². The third kappa shape index (κ3) is 6.61. The van der Waals surface area contributed by atoms with Crippen molar-refractivity contribution >= 4 is 9.84 Å². The topological polar surface area (TPSA) is 54.4 Å². The van der Waals surface area contributed by atoms with E-state index in [1.165, 1.54) is 0 Å². The smallest absolute Gasteiger partial charge is 0.150 e. The number of aliphatic hydroxyl groups is 1. The number of hydrogen-bond donors (Lipinski definition) is 1. The first-order valence-corrected chi connectivity index (χ1v) is 6.26. The Kier molecular flexibility index (Phi) is 6.38.